The van der Waals surface area contributed by atoms with E-state index < -0.39 is 0 Å². The number of carbonyl (C=O) groups excluding carboxylic acids is 1. The van der Waals surface area contributed by atoms with Gasteiger partial charge in [-0.1, -0.05) is 18.8 Å². The first-order chi connectivity index (χ1) is 9.60. The Hall–Kier alpha value is -1.35. The average molecular weight is 292 g/mol. The van der Waals surface area contributed by atoms with Crippen LogP contribution < -0.4 is 5.32 Å². The number of likely N-dealkylation sites (tertiary alicyclic amines) is 1. The molecule has 20 heavy (non-hydrogen) atoms. The summed E-state index contributed by atoms with van der Waals surface area (Å²) in [5.41, 5.74) is 0.656. The molecule has 1 aliphatic rings. The van der Waals surface area contributed by atoms with Crippen molar-refractivity contribution in [1.29, 1.82) is 0 Å². The zero-order valence-electron chi connectivity index (χ0n) is 11.8. The first-order valence-electron chi connectivity index (χ1n) is 6.78. The molecular weight excluding hydrogens is 272 g/mol. The standard InChI is InChI=1S/C15H20N2O2S/c1-11-9-17(2)6-5-14(11)16-15(19)12-8-13(20-10-12)4-3-7-18/h8,10-11,14,18H,5-7,9H2,1-2H3,(H,16,19). The average Bonchev–Trinajstić information content (AvgIpc) is 2.88. The molecular formula is C15H20N2O2S. The summed E-state index contributed by atoms with van der Waals surface area (Å²) >= 11 is 1.43. The molecule has 1 amide bonds. The van der Waals surface area contributed by atoms with Gasteiger partial charge in [-0.2, -0.15) is 0 Å². The summed E-state index contributed by atoms with van der Waals surface area (Å²) in [6.45, 7) is 4.05. The van der Waals surface area contributed by atoms with Crippen molar-refractivity contribution in [1.82, 2.24) is 10.2 Å². The topological polar surface area (TPSA) is 52.6 Å². The number of nitrogens with zero attached hydrogens (tertiary/aromatic N) is 1. The second-order valence-electron chi connectivity index (χ2n) is 5.27. The van der Waals surface area contributed by atoms with E-state index in [-0.39, 0.29) is 18.6 Å². The van der Waals surface area contributed by atoms with E-state index in [1.807, 2.05) is 5.38 Å². The molecule has 0 bridgehead atoms. The Labute approximate surface area is 123 Å². The van der Waals surface area contributed by atoms with Gasteiger partial charge in [0.15, 0.2) is 0 Å². The minimum absolute atomic E-state index is 0.0281. The second kappa shape index (κ2) is 6.89. The monoisotopic (exact) mass is 292 g/mol. The highest BCUT2D eigenvalue weighted by Crippen LogP contribution is 2.18. The number of hydrogen-bond donors (Lipinski definition) is 2. The molecule has 0 spiro atoms. The molecule has 0 radical (unpaired) electrons. The lowest BCUT2D eigenvalue weighted by Crippen LogP contribution is -2.48. The van der Waals surface area contributed by atoms with Crippen LogP contribution in [0.4, 0.5) is 0 Å². The predicted molar refractivity (Wildman–Crippen MR) is 80.8 cm³/mol. The van der Waals surface area contributed by atoms with Crippen molar-refractivity contribution in [3.63, 3.8) is 0 Å². The molecule has 4 nitrogen and oxygen atoms in total. The summed E-state index contributed by atoms with van der Waals surface area (Å²) in [5.74, 6) is 5.84. The fourth-order valence-electron chi connectivity index (χ4n) is 2.47. The van der Waals surface area contributed by atoms with E-state index >= 15 is 0 Å². The van der Waals surface area contributed by atoms with E-state index in [1.165, 1.54) is 11.3 Å². The summed E-state index contributed by atoms with van der Waals surface area (Å²) in [6.07, 6.45) is 0.991. The Morgan fingerprint density at radius 1 is 1.65 bits per heavy atom. The van der Waals surface area contributed by atoms with Gasteiger partial charge in [-0.15, -0.1) is 11.3 Å². The number of piperidine rings is 1. The number of aliphatic hydroxyl groups is 1. The summed E-state index contributed by atoms with van der Waals surface area (Å²) in [7, 11) is 2.11. The molecule has 0 aromatic carbocycles. The molecule has 1 aromatic heterocycles. The van der Waals surface area contributed by atoms with Gasteiger partial charge in [-0.25, -0.2) is 0 Å². The minimum Gasteiger partial charge on any atom is -0.384 e. The maximum absolute atomic E-state index is 12.2. The highest BCUT2D eigenvalue weighted by atomic mass is 32.1. The fraction of sp³-hybridized carbons (Fsp3) is 0.533. The Kier molecular flexibility index (Phi) is 5.18. The second-order valence-corrected chi connectivity index (χ2v) is 6.18. The van der Waals surface area contributed by atoms with Crippen LogP contribution in [0.3, 0.4) is 0 Å². The Bertz CT molecular complexity index is 529. The smallest absolute Gasteiger partial charge is 0.252 e. The third-order valence-corrected chi connectivity index (χ3v) is 4.42. The van der Waals surface area contributed by atoms with E-state index in [1.54, 1.807) is 6.07 Å². The molecule has 1 aromatic rings. The largest absolute Gasteiger partial charge is 0.384 e. The Balaban J connectivity index is 1.96. The van der Waals surface area contributed by atoms with Gasteiger partial charge in [-0.3, -0.25) is 4.79 Å². The van der Waals surface area contributed by atoms with E-state index in [2.05, 4.69) is 36.0 Å². The third-order valence-electron chi connectivity index (χ3n) is 3.58. The molecule has 2 atom stereocenters. The molecule has 1 saturated heterocycles. The Morgan fingerprint density at radius 3 is 3.15 bits per heavy atom. The van der Waals surface area contributed by atoms with Crippen molar-refractivity contribution in [2.75, 3.05) is 26.7 Å². The van der Waals surface area contributed by atoms with Crippen LogP contribution in [0, 0.1) is 17.8 Å². The van der Waals surface area contributed by atoms with Gasteiger partial charge in [0, 0.05) is 18.0 Å². The molecule has 5 heteroatoms. The molecule has 1 aliphatic heterocycles. The van der Waals surface area contributed by atoms with E-state index in [9.17, 15) is 4.79 Å². The summed E-state index contributed by atoms with van der Waals surface area (Å²) in [6, 6.07) is 2.02. The van der Waals surface area contributed by atoms with Crippen LogP contribution >= 0.6 is 11.3 Å². The van der Waals surface area contributed by atoms with Crippen LogP contribution in [0.25, 0.3) is 0 Å². The molecule has 2 unspecified atom stereocenters. The van der Waals surface area contributed by atoms with Gasteiger partial charge in [0.2, 0.25) is 0 Å². The van der Waals surface area contributed by atoms with E-state index in [4.69, 9.17) is 5.11 Å². The maximum atomic E-state index is 12.2. The van der Waals surface area contributed by atoms with Crippen molar-refractivity contribution in [3.8, 4) is 11.8 Å². The van der Waals surface area contributed by atoms with Crippen molar-refractivity contribution < 1.29 is 9.90 Å². The zero-order valence-corrected chi connectivity index (χ0v) is 12.7. The number of carbonyl (C=O) groups is 1. The highest BCUT2D eigenvalue weighted by molar-refractivity contribution is 7.10. The third kappa shape index (κ3) is 3.83. The highest BCUT2D eigenvalue weighted by Gasteiger charge is 2.25. The van der Waals surface area contributed by atoms with Crippen LogP contribution in [0.2, 0.25) is 0 Å². The first-order valence-corrected chi connectivity index (χ1v) is 7.65. The predicted octanol–water partition coefficient (Wildman–Crippen LogP) is 1.16. The number of nitrogens with one attached hydrogen (secondary N) is 1. The molecule has 2 rings (SSSR count). The molecule has 0 aliphatic carbocycles. The molecule has 1 fully saturated rings. The van der Waals surface area contributed by atoms with Crippen molar-refractivity contribution >= 4 is 17.2 Å². The molecule has 2 heterocycles. The van der Waals surface area contributed by atoms with Gasteiger partial charge >= 0.3 is 0 Å². The normalized spacial score (nSPS) is 22.9. The summed E-state index contributed by atoms with van der Waals surface area (Å²) in [4.78, 5) is 15.3. The fourth-order valence-corrected chi connectivity index (χ4v) is 3.22. The lowest BCUT2D eigenvalue weighted by molar-refractivity contribution is 0.0884. The Morgan fingerprint density at radius 2 is 2.45 bits per heavy atom. The molecule has 2 N–H and O–H groups in total. The van der Waals surface area contributed by atoms with Crippen LogP contribution in [0.1, 0.15) is 28.6 Å². The number of amides is 1. The first kappa shape index (κ1) is 15.0. The number of hydrogen-bond acceptors (Lipinski definition) is 4. The molecule has 108 valence electrons. The van der Waals surface area contributed by atoms with Crippen LogP contribution in [-0.2, 0) is 0 Å². The van der Waals surface area contributed by atoms with Gasteiger partial charge in [-0.05, 0) is 32.0 Å². The quantitative estimate of drug-likeness (QED) is 0.804. The van der Waals surface area contributed by atoms with Crippen molar-refractivity contribution in [2.24, 2.45) is 5.92 Å². The van der Waals surface area contributed by atoms with Crippen LogP contribution in [-0.4, -0.2) is 48.7 Å². The lowest BCUT2D eigenvalue weighted by Gasteiger charge is -2.35. The minimum atomic E-state index is -0.160. The van der Waals surface area contributed by atoms with Crippen molar-refractivity contribution in [3.05, 3.63) is 21.9 Å². The van der Waals surface area contributed by atoms with Crippen LogP contribution in [0.15, 0.2) is 11.4 Å². The molecule has 0 saturated carbocycles. The van der Waals surface area contributed by atoms with Crippen LogP contribution in [0.5, 0.6) is 0 Å². The lowest BCUT2D eigenvalue weighted by atomic mass is 9.94. The summed E-state index contributed by atoms with van der Waals surface area (Å²) in [5, 5.41) is 13.6. The van der Waals surface area contributed by atoms with Crippen molar-refractivity contribution in [2.45, 2.75) is 19.4 Å². The van der Waals surface area contributed by atoms with Gasteiger partial charge < -0.3 is 15.3 Å². The van der Waals surface area contributed by atoms with E-state index in [0.29, 0.717) is 11.5 Å². The number of thiophene rings is 1. The summed E-state index contributed by atoms with van der Waals surface area (Å²) < 4.78 is 0. The van der Waals surface area contributed by atoms with E-state index in [0.717, 1.165) is 24.4 Å². The zero-order chi connectivity index (χ0) is 14.5. The number of rotatable bonds is 2. The van der Waals surface area contributed by atoms with Gasteiger partial charge in [0.1, 0.15) is 6.61 Å². The van der Waals surface area contributed by atoms with Gasteiger partial charge in [0.05, 0.1) is 10.4 Å². The SMILES string of the molecule is CC1CN(C)CCC1NC(=O)c1csc(C#CCO)c1. The van der Waals surface area contributed by atoms with Gasteiger partial charge in [0.25, 0.3) is 5.91 Å². The number of aliphatic hydroxyl groups excluding tert-OH is 1. The maximum Gasteiger partial charge on any atom is 0.252 e.